The molecule has 2 heterocycles. The molecule has 1 aliphatic rings. The number of allylic oxidation sites excluding steroid dienone is 1. The van der Waals surface area contributed by atoms with Gasteiger partial charge in [0.15, 0.2) is 4.80 Å². The van der Waals surface area contributed by atoms with Gasteiger partial charge in [-0.1, -0.05) is 88.1 Å². The molecule has 0 aliphatic carbocycles. The highest BCUT2D eigenvalue weighted by molar-refractivity contribution is 7.07. The number of rotatable bonds is 7. The zero-order valence-corrected chi connectivity index (χ0v) is 25.6. The summed E-state index contributed by atoms with van der Waals surface area (Å²) < 4.78 is 13.2. The first kappa shape index (κ1) is 29.4. The van der Waals surface area contributed by atoms with E-state index in [0.29, 0.717) is 47.0 Å². The summed E-state index contributed by atoms with van der Waals surface area (Å²) in [5.74, 6) is -0.209. The summed E-state index contributed by atoms with van der Waals surface area (Å²) in [6, 6.07) is 16.8. The van der Waals surface area contributed by atoms with Crippen LogP contribution in [-0.2, 0) is 16.1 Å². The van der Waals surface area contributed by atoms with Gasteiger partial charge in [0.25, 0.3) is 5.56 Å². The van der Waals surface area contributed by atoms with Crippen LogP contribution in [0, 0.1) is 0 Å². The van der Waals surface area contributed by atoms with Gasteiger partial charge in [-0.25, -0.2) is 9.79 Å². The molecule has 0 radical (unpaired) electrons. The summed E-state index contributed by atoms with van der Waals surface area (Å²) in [5.41, 5.74) is 2.24. The number of fused-ring (bicyclic) bond motifs is 1. The molecular formula is C30H22Cl4N2O4S. The predicted octanol–water partition coefficient (Wildman–Crippen LogP) is 6.99. The average Bonchev–Trinajstić information content (AvgIpc) is 3.22. The summed E-state index contributed by atoms with van der Waals surface area (Å²) in [6.45, 7) is 3.79. The van der Waals surface area contributed by atoms with Crippen LogP contribution in [0.25, 0.3) is 6.08 Å². The van der Waals surface area contributed by atoms with E-state index in [9.17, 15) is 9.59 Å². The maximum atomic E-state index is 14.0. The van der Waals surface area contributed by atoms with Crippen LogP contribution in [0.15, 0.2) is 81.7 Å². The molecule has 1 aliphatic heterocycles. The summed E-state index contributed by atoms with van der Waals surface area (Å²) in [7, 11) is 0. The third-order valence-electron chi connectivity index (χ3n) is 6.31. The fourth-order valence-corrected chi connectivity index (χ4v) is 6.60. The predicted molar refractivity (Wildman–Crippen MR) is 164 cm³/mol. The number of ether oxygens (including phenoxy) is 2. The zero-order chi connectivity index (χ0) is 29.3. The molecule has 11 heteroatoms. The molecule has 0 bridgehead atoms. The van der Waals surface area contributed by atoms with E-state index >= 15 is 0 Å². The highest BCUT2D eigenvalue weighted by atomic mass is 35.5. The normalized spacial score (nSPS) is 15.0. The van der Waals surface area contributed by atoms with Crippen LogP contribution in [0.3, 0.4) is 0 Å². The minimum atomic E-state index is -0.831. The van der Waals surface area contributed by atoms with Crippen LogP contribution in [-0.4, -0.2) is 17.1 Å². The van der Waals surface area contributed by atoms with Crippen molar-refractivity contribution < 1.29 is 14.3 Å². The summed E-state index contributed by atoms with van der Waals surface area (Å²) in [4.78, 5) is 32.1. The molecule has 1 aromatic heterocycles. The number of hydrogen-bond donors (Lipinski definition) is 0. The van der Waals surface area contributed by atoms with Crippen molar-refractivity contribution in [1.82, 2.24) is 4.57 Å². The van der Waals surface area contributed by atoms with Gasteiger partial charge in [-0.05, 0) is 61.4 Å². The van der Waals surface area contributed by atoms with Gasteiger partial charge in [0, 0.05) is 20.6 Å². The number of benzene rings is 3. The number of thiazole rings is 1. The molecule has 4 aromatic rings. The molecule has 5 rings (SSSR count). The number of carbonyl (C=O) groups is 1. The third kappa shape index (κ3) is 6.10. The lowest BCUT2D eigenvalue weighted by Gasteiger charge is -2.25. The number of hydrogen-bond acceptors (Lipinski definition) is 6. The Morgan fingerprint density at radius 3 is 2.54 bits per heavy atom. The average molecular weight is 648 g/mol. The van der Waals surface area contributed by atoms with E-state index in [1.165, 1.54) is 15.9 Å². The Labute approximate surface area is 259 Å². The van der Waals surface area contributed by atoms with Gasteiger partial charge in [-0.2, -0.15) is 0 Å². The zero-order valence-electron chi connectivity index (χ0n) is 21.8. The van der Waals surface area contributed by atoms with Gasteiger partial charge >= 0.3 is 5.97 Å². The topological polar surface area (TPSA) is 69.9 Å². The molecule has 210 valence electrons. The fourth-order valence-electron chi connectivity index (χ4n) is 4.55. The van der Waals surface area contributed by atoms with E-state index in [1.54, 1.807) is 68.5 Å². The fraction of sp³-hybridized carbons (Fsp3) is 0.167. The van der Waals surface area contributed by atoms with E-state index in [-0.39, 0.29) is 29.4 Å². The minimum Gasteiger partial charge on any atom is -0.487 e. The molecule has 1 atom stereocenters. The second-order valence-electron chi connectivity index (χ2n) is 9.05. The quantitative estimate of drug-likeness (QED) is 0.203. The van der Waals surface area contributed by atoms with Gasteiger partial charge in [-0.3, -0.25) is 9.36 Å². The molecular weight excluding hydrogens is 626 g/mol. The molecule has 3 aromatic carbocycles. The highest BCUT2D eigenvalue weighted by Gasteiger charge is 2.34. The van der Waals surface area contributed by atoms with Crippen LogP contribution in [0.1, 0.15) is 36.6 Å². The Morgan fingerprint density at radius 2 is 1.80 bits per heavy atom. The Morgan fingerprint density at radius 1 is 1.02 bits per heavy atom. The Bertz CT molecular complexity index is 1880. The summed E-state index contributed by atoms with van der Waals surface area (Å²) in [5, 5.41) is 1.65. The van der Waals surface area contributed by atoms with Crippen LogP contribution in [0.5, 0.6) is 5.75 Å². The first-order valence-corrected chi connectivity index (χ1v) is 14.8. The van der Waals surface area contributed by atoms with E-state index in [2.05, 4.69) is 4.99 Å². The molecule has 0 N–H and O–H groups in total. The number of carbonyl (C=O) groups excluding carboxylic acids is 1. The highest BCUT2D eigenvalue weighted by Crippen LogP contribution is 2.35. The first-order valence-electron chi connectivity index (χ1n) is 12.5. The van der Waals surface area contributed by atoms with Gasteiger partial charge in [0.2, 0.25) is 0 Å². The monoisotopic (exact) mass is 646 g/mol. The molecule has 41 heavy (non-hydrogen) atoms. The molecule has 0 saturated heterocycles. The molecule has 0 amide bonds. The van der Waals surface area contributed by atoms with Crippen molar-refractivity contribution in [3.63, 3.8) is 0 Å². The van der Waals surface area contributed by atoms with E-state index < -0.39 is 12.0 Å². The lowest BCUT2D eigenvalue weighted by Crippen LogP contribution is -2.40. The van der Waals surface area contributed by atoms with Crippen LogP contribution < -0.4 is 19.6 Å². The van der Waals surface area contributed by atoms with Crippen molar-refractivity contribution >= 4 is 69.8 Å². The molecule has 0 unspecified atom stereocenters. The van der Waals surface area contributed by atoms with Crippen LogP contribution in [0.2, 0.25) is 20.1 Å². The number of halogens is 4. The van der Waals surface area contributed by atoms with Crippen LogP contribution >= 0.6 is 57.7 Å². The van der Waals surface area contributed by atoms with Crippen molar-refractivity contribution in [2.45, 2.75) is 26.5 Å². The maximum Gasteiger partial charge on any atom is 0.338 e. The van der Waals surface area contributed by atoms with E-state index in [1.807, 2.05) is 12.1 Å². The number of nitrogens with zero attached hydrogens (tertiary/aromatic N) is 2. The number of aromatic nitrogens is 1. The summed E-state index contributed by atoms with van der Waals surface area (Å²) >= 11 is 26.7. The minimum absolute atomic E-state index is 0.169. The van der Waals surface area contributed by atoms with Crippen molar-refractivity contribution in [3.8, 4) is 5.75 Å². The Kier molecular flexibility index (Phi) is 8.92. The molecule has 0 saturated carbocycles. The summed E-state index contributed by atoms with van der Waals surface area (Å²) in [6.07, 6.45) is 1.65. The second kappa shape index (κ2) is 12.4. The van der Waals surface area contributed by atoms with Crippen molar-refractivity contribution in [3.05, 3.63) is 128 Å². The number of esters is 1. The lowest BCUT2D eigenvalue weighted by atomic mass is 9.96. The SMILES string of the molecule is CCOC(=O)C1=C(C)N=c2s/c(=C\c3cc(Cl)cc(Cl)c3OCc3cccc(Cl)c3)c(=O)n2[C@H]1c1ccccc1Cl. The van der Waals surface area contributed by atoms with E-state index in [0.717, 1.165) is 5.56 Å². The smallest absolute Gasteiger partial charge is 0.338 e. The second-order valence-corrected chi connectivity index (χ2v) is 11.7. The standard InChI is InChI=1S/C30H22Cl4N2O4S/c1-3-39-29(38)25-16(2)35-30-36(26(25)21-9-4-5-10-22(21)33)28(37)24(41-30)13-18-12-20(32)14-23(34)27(18)40-15-17-7-6-8-19(31)11-17/h4-14,26H,3,15H2,1-2H3/b24-13-/t26-/m0/s1. The van der Waals surface area contributed by atoms with Gasteiger partial charge in [0.05, 0.1) is 27.4 Å². The largest absolute Gasteiger partial charge is 0.487 e. The Hall–Kier alpha value is -3.07. The lowest BCUT2D eigenvalue weighted by molar-refractivity contribution is -0.139. The van der Waals surface area contributed by atoms with Gasteiger partial charge in [-0.15, -0.1) is 0 Å². The third-order valence-corrected chi connectivity index (χ3v) is 8.37. The van der Waals surface area contributed by atoms with Gasteiger partial charge < -0.3 is 9.47 Å². The Balaban J connectivity index is 1.66. The maximum absolute atomic E-state index is 14.0. The first-order chi connectivity index (χ1) is 19.7. The van der Waals surface area contributed by atoms with Gasteiger partial charge in [0.1, 0.15) is 18.4 Å². The molecule has 0 fully saturated rings. The van der Waals surface area contributed by atoms with Crippen LogP contribution in [0.4, 0.5) is 0 Å². The molecule has 6 nitrogen and oxygen atoms in total. The van der Waals surface area contributed by atoms with E-state index in [4.69, 9.17) is 55.9 Å². The van der Waals surface area contributed by atoms with Crippen molar-refractivity contribution in [2.75, 3.05) is 6.61 Å². The van der Waals surface area contributed by atoms with Crippen molar-refractivity contribution in [2.24, 2.45) is 4.99 Å². The van der Waals surface area contributed by atoms with Crippen molar-refractivity contribution in [1.29, 1.82) is 0 Å². The molecule has 0 spiro atoms.